The maximum atomic E-state index is 12.6. The number of benzene rings is 1. The van der Waals surface area contributed by atoms with Gasteiger partial charge in [-0.2, -0.15) is 0 Å². The number of fused-ring (bicyclic) bond motifs is 7. The lowest BCUT2D eigenvalue weighted by atomic mass is 9.83. The van der Waals surface area contributed by atoms with Gasteiger partial charge in [0.1, 0.15) is 6.10 Å². The third kappa shape index (κ3) is 1.30. The number of ether oxygens (including phenoxy) is 1. The molecule has 0 spiro atoms. The van der Waals surface area contributed by atoms with Crippen LogP contribution in [0.2, 0.25) is 0 Å². The fourth-order valence-corrected chi connectivity index (χ4v) is 5.21. The van der Waals surface area contributed by atoms with E-state index < -0.39 is 0 Å². The predicted molar refractivity (Wildman–Crippen MR) is 85.2 cm³/mol. The summed E-state index contributed by atoms with van der Waals surface area (Å²) < 4.78 is 6.15. The second-order valence-electron chi connectivity index (χ2n) is 8.43. The van der Waals surface area contributed by atoms with Gasteiger partial charge in [0.15, 0.2) is 5.78 Å². The standard InChI is InChI=1S/C20H22O2/c1-9-7-13-16(19(13,3)4)15-14(9)11-6-10(2)17(21)12(11)8-20(5)18(15)22-20/h6-7,11-12,18H,8H2,1-5H3. The molecule has 0 amide bonds. The largest absolute Gasteiger partial charge is 0.361 e. The number of hydrogen-bond donors (Lipinski definition) is 0. The van der Waals surface area contributed by atoms with E-state index in [1.54, 1.807) is 0 Å². The average Bonchev–Trinajstić information content (AvgIpc) is 3.22. The maximum Gasteiger partial charge on any atom is 0.162 e. The van der Waals surface area contributed by atoms with Crippen LogP contribution in [0, 0.1) is 12.8 Å². The van der Waals surface area contributed by atoms with Gasteiger partial charge < -0.3 is 4.74 Å². The van der Waals surface area contributed by atoms with Crippen LogP contribution in [0.5, 0.6) is 0 Å². The Kier molecular flexibility index (Phi) is 2.02. The van der Waals surface area contributed by atoms with Gasteiger partial charge in [0.25, 0.3) is 0 Å². The SMILES string of the molecule is CC1=CC2c3c(C)cc4c(c3C3OC3(C)CC2C1=O)C4(C)C. The summed E-state index contributed by atoms with van der Waals surface area (Å²) in [5.74, 6) is 0.671. The first-order valence-electron chi connectivity index (χ1n) is 8.34. The molecule has 0 saturated carbocycles. The van der Waals surface area contributed by atoms with Crippen LogP contribution in [0.3, 0.4) is 0 Å². The quantitative estimate of drug-likeness (QED) is 0.674. The first-order valence-corrected chi connectivity index (χ1v) is 8.34. The van der Waals surface area contributed by atoms with Crippen molar-refractivity contribution in [1.82, 2.24) is 0 Å². The Morgan fingerprint density at radius 2 is 1.91 bits per heavy atom. The molecule has 2 heteroatoms. The molecule has 0 radical (unpaired) electrons. The summed E-state index contributed by atoms with van der Waals surface area (Å²) in [6.45, 7) is 11.0. The number of carbonyl (C=O) groups excluding carboxylic acids is 1. The van der Waals surface area contributed by atoms with Gasteiger partial charge in [-0.05, 0) is 60.6 Å². The van der Waals surface area contributed by atoms with E-state index in [1.165, 1.54) is 27.8 Å². The van der Waals surface area contributed by atoms with Crippen LogP contribution < -0.4 is 0 Å². The first-order chi connectivity index (χ1) is 10.3. The van der Waals surface area contributed by atoms with E-state index in [2.05, 4.69) is 39.8 Å². The molecule has 4 aliphatic rings. The van der Waals surface area contributed by atoms with Crippen LogP contribution in [-0.4, -0.2) is 11.4 Å². The molecule has 0 bridgehead atoms. The van der Waals surface area contributed by atoms with Crippen molar-refractivity contribution in [2.75, 3.05) is 0 Å². The third-order valence-corrected chi connectivity index (χ3v) is 6.54. The van der Waals surface area contributed by atoms with E-state index >= 15 is 0 Å². The number of hydrogen-bond acceptors (Lipinski definition) is 2. The number of allylic oxidation sites excluding steroid dienone is 2. The van der Waals surface area contributed by atoms with Gasteiger partial charge in [-0.15, -0.1) is 0 Å². The number of carbonyl (C=O) groups is 1. The lowest BCUT2D eigenvalue weighted by Gasteiger charge is -2.21. The number of rotatable bonds is 0. The van der Waals surface area contributed by atoms with Crippen molar-refractivity contribution in [3.63, 3.8) is 0 Å². The highest BCUT2D eigenvalue weighted by molar-refractivity contribution is 6.00. The van der Waals surface area contributed by atoms with E-state index in [0.717, 1.165) is 12.0 Å². The predicted octanol–water partition coefficient (Wildman–Crippen LogP) is 4.10. The average molecular weight is 294 g/mol. The molecule has 1 aliphatic heterocycles. The molecule has 3 aliphatic carbocycles. The van der Waals surface area contributed by atoms with Crippen molar-refractivity contribution in [1.29, 1.82) is 0 Å². The summed E-state index contributed by atoms with van der Waals surface area (Å²) in [4.78, 5) is 12.6. The highest BCUT2D eigenvalue weighted by Crippen LogP contribution is 2.66. The maximum absolute atomic E-state index is 12.6. The van der Waals surface area contributed by atoms with Crippen molar-refractivity contribution in [2.45, 2.75) is 64.1 Å². The van der Waals surface area contributed by atoms with Crippen LogP contribution in [0.1, 0.15) is 74.0 Å². The summed E-state index contributed by atoms with van der Waals surface area (Å²) in [5.41, 5.74) is 8.12. The summed E-state index contributed by atoms with van der Waals surface area (Å²) >= 11 is 0. The molecule has 2 nitrogen and oxygen atoms in total. The summed E-state index contributed by atoms with van der Waals surface area (Å²) in [7, 11) is 0. The van der Waals surface area contributed by atoms with E-state index in [1.807, 2.05) is 6.92 Å². The molecule has 114 valence electrons. The molecule has 1 fully saturated rings. The van der Waals surface area contributed by atoms with Crippen molar-refractivity contribution < 1.29 is 9.53 Å². The number of Topliss-reactive ketones (excluding diaryl/α,β-unsaturated/α-hetero) is 1. The van der Waals surface area contributed by atoms with Gasteiger partial charge in [0.2, 0.25) is 0 Å². The number of ketones is 1. The Morgan fingerprint density at radius 3 is 2.64 bits per heavy atom. The zero-order valence-electron chi connectivity index (χ0n) is 13.9. The van der Waals surface area contributed by atoms with Gasteiger partial charge >= 0.3 is 0 Å². The Hall–Kier alpha value is -1.41. The number of epoxide rings is 1. The van der Waals surface area contributed by atoms with E-state index in [0.29, 0.717) is 5.78 Å². The minimum atomic E-state index is -0.136. The Balaban J connectivity index is 1.81. The monoisotopic (exact) mass is 294 g/mol. The molecular weight excluding hydrogens is 272 g/mol. The Bertz CT molecular complexity index is 798. The Morgan fingerprint density at radius 1 is 1.18 bits per heavy atom. The second kappa shape index (κ2) is 3.41. The van der Waals surface area contributed by atoms with Gasteiger partial charge in [-0.1, -0.05) is 26.0 Å². The van der Waals surface area contributed by atoms with Gasteiger partial charge in [0, 0.05) is 17.3 Å². The van der Waals surface area contributed by atoms with Gasteiger partial charge in [-0.3, -0.25) is 4.79 Å². The van der Waals surface area contributed by atoms with Crippen molar-refractivity contribution >= 4 is 5.78 Å². The second-order valence-corrected chi connectivity index (χ2v) is 8.43. The first kappa shape index (κ1) is 13.1. The zero-order chi connectivity index (χ0) is 15.6. The lowest BCUT2D eigenvalue weighted by molar-refractivity contribution is -0.119. The van der Waals surface area contributed by atoms with Crippen LogP contribution in [0.15, 0.2) is 17.7 Å². The molecule has 4 unspecified atom stereocenters. The van der Waals surface area contributed by atoms with Gasteiger partial charge in [0.05, 0.1) is 5.60 Å². The minimum absolute atomic E-state index is 0.0786. The van der Waals surface area contributed by atoms with Crippen molar-refractivity contribution in [3.8, 4) is 0 Å². The van der Waals surface area contributed by atoms with Crippen LogP contribution >= 0.6 is 0 Å². The molecule has 4 atom stereocenters. The topological polar surface area (TPSA) is 29.6 Å². The highest BCUT2D eigenvalue weighted by Gasteiger charge is 2.63. The zero-order valence-corrected chi connectivity index (χ0v) is 13.9. The van der Waals surface area contributed by atoms with Crippen LogP contribution in [-0.2, 0) is 14.9 Å². The molecule has 1 saturated heterocycles. The number of aryl methyl sites for hydroxylation is 1. The van der Waals surface area contributed by atoms with E-state index in [4.69, 9.17) is 4.74 Å². The fourth-order valence-electron chi connectivity index (χ4n) is 5.21. The summed E-state index contributed by atoms with van der Waals surface area (Å²) in [6, 6.07) is 2.35. The fraction of sp³-hybridized carbons (Fsp3) is 0.550. The molecule has 0 aromatic heterocycles. The molecule has 1 aromatic rings. The Labute approximate surface area is 131 Å². The van der Waals surface area contributed by atoms with Crippen molar-refractivity contribution in [2.24, 2.45) is 5.92 Å². The molecule has 1 heterocycles. The molecule has 0 N–H and O–H groups in total. The van der Waals surface area contributed by atoms with Crippen LogP contribution in [0.25, 0.3) is 0 Å². The summed E-state index contributed by atoms with van der Waals surface area (Å²) in [6.07, 6.45) is 3.28. The molecular formula is C20H22O2. The lowest BCUT2D eigenvalue weighted by Crippen LogP contribution is -2.21. The summed E-state index contributed by atoms with van der Waals surface area (Å²) in [5, 5.41) is 0. The van der Waals surface area contributed by atoms with Crippen molar-refractivity contribution in [3.05, 3.63) is 45.5 Å². The molecule has 5 rings (SSSR count). The smallest absolute Gasteiger partial charge is 0.162 e. The van der Waals surface area contributed by atoms with E-state index in [9.17, 15) is 4.79 Å². The third-order valence-electron chi connectivity index (χ3n) is 6.54. The molecule has 22 heavy (non-hydrogen) atoms. The normalized spacial score (nSPS) is 39.2. The highest BCUT2D eigenvalue weighted by atomic mass is 16.6. The van der Waals surface area contributed by atoms with Gasteiger partial charge in [-0.25, -0.2) is 0 Å². The van der Waals surface area contributed by atoms with E-state index in [-0.39, 0.29) is 29.0 Å². The minimum Gasteiger partial charge on any atom is -0.361 e. The molecule has 1 aromatic carbocycles. The van der Waals surface area contributed by atoms with Crippen LogP contribution in [0.4, 0.5) is 0 Å².